The molecule has 3 heterocycles. The van der Waals surface area contributed by atoms with Gasteiger partial charge >= 0.3 is 0 Å². The van der Waals surface area contributed by atoms with Crippen LogP contribution in [0.5, 0.6) is 5.75 Å². The van der Waals surface area contributed by atoms with Crippen LogP contribution in [0.25, 0.3) is 11.2 Å². The quantitative estimate of drug-likeness (QED) is 0.388. The fraction of sp³-hybridized carbons (Fsp3) is 0.353. The fourth-order valence-electron chi connectivity index (χ4n) is 3.15. The van der Waals surface area contributed by atoms with E-state index in [4.69, 9.17) is 9.47 Å². The Morgan fingerprint density at radius 2 is 2.04 bits per heavy atom. The van der Waals surface area contributed by atoms with Gasteiger partial charge in [0.1, 0.15) is 24.1 Å². The number of aliphatic hydroxyl groups is 3. The van der Waals surface area contributed by atoms with Crippen molar-refractivity contribution in [3.8, 4) is 5.75 Å². The zero-order chi connectivity index (χ0) is 19.8. The van der Waals surface area contributed by atoms with Crippen LogP contribution in [0.15, 0.2) is 35.4 Å². The van der Waals surface area contributed by atoms with Gasteiger partial charge in [-0.1, -0.05) is 0 Å². The number of rotatable bonds is 5. The number of benzene rings is 1. The summed E-state index contributed by atoms with van der Waals surface area (Å²) in [5.41, 5.74) is 0.375. The Hall–Kier alpha value is -2.99. The van der Waals surface area contributed by atoms with Crippen molar-refractivity contribution in [2.24, 2.45) is 0 Å². The summed E-state index contributed by atoms with van der Waals surface area (Å²) in [6.07, 6.45) is -3.53. The van der Waals surface area contributed by atoms with Gasteiger partial charge in [-0.3, -0.25) is 9.36 Å². The zero-order valence-electron chi connectivity index (χ0n) is 14.8. The van der Waals surface area contributed by atoms with Crippen molar-refractivity contribution in [1.82, 2.24) is 19.5 Å². The molecule has 1 aliphatic heterocycles. The van der Waals surface area contributed by atoms with Crippen LogP contribution in [0.2, 0.25) is 0 Å². The van der Waals surface area contributed by atoms with E-state index in [1.54, 1.807) is 31.4 Å². The molecule has 1 saturated heterocycles. The molecule has 0 radical (unpaired) electrons. The summed E-state index contributed by atoms with van der Waals surface area (Å²) >= 11 is 0. The van der Waals surface area contributed by atoms with Crippen LogP contribution >= 0.6 is 0 Å². The van der Waals surface area contributed by atoms with E-state index in [1.165, 1.54) is 10.9 Å². The van der Waals surface area contributed by atoms with Crippen LogP contribution < -0.4 is 15.6 Å². The van der Waals surface area contributed by atoms with E-state index in [0.717, 1.165) is 0 Å². The van der Waals surface area contributed by atoms with E-state index in [0.29, 0.717) is 11.4 Å². The first kappa shape index (κ1) is 18.4. The number of methoxy groups -OCH3 is 1. The van der Waals surface area contributed by atoms with Crippen LogP contribution in [-0.4, -0.2) is 66.9 Å². The highest BCUT2D eigenvalue weighted by atomic mass is 16.6. The lowest BCUT2D eigenvalue weighted by Gasteiger charge is -2.19. The molecule has 0 unspecified atom stereocenters. The molecule has 148 valence electrons. The van der Waals surface area contributed by atoms with Crippen LogP contribution in [0.1, 0.15) is 6.23 Å². The molecule has 3 aromatic rings. The highest BCUT2D eigenvalue weighted by molar-refractivity contribution is 5.75. The number of imidazole rings is 1. The minimum Gasteiger partial charge on any atom is -0.497 e. The maximum absolute atomic E-state index is 12.2. The molecule has 4 atom stereocenters. The van der Waals surface area contributed by atoms with Crippen molar-refractivity contribution in [2.75, 3.05) is 19.0 Å². The molecule has 1 fully saturated rings. The number of hydrogen-bond donors (Lipinski definition) is 5. The zero-order valence-corrected chi connectivity index (χ0v) is 14.8. The Balaban J connectivity index is 1.80. The van der Waals surface area contributed by atoms with Gasteiger partial charge in [-0.05, 0) is 24.3 Å². The minimum atomic E-state index is -1.35. The van der Waals surface area contributed by atoms with Crippen molar-refractivity contribution in [3.63, 3.8) is 0 Å². The fourth-order valence-corrected chi connectivity index (χ4v) is 3.15. The number of aromatic amines is 1. The summed E-state index contributed by atoms with van der Waals surface area (Å²) in [7, 11) is 1.56. The highest BCUT2D eigenvalue weighted by Crippen LogP contribution is 2.34. The molecular weight excluding hydrogens is 370 g/mol. The molecule has 5 N–H and O–H groups in total. The Kier molecular flexibility index (Phi) is 4.73. The first-order valence-corrected chi connectivity index (χ1v) is 8.52. The summed E-state index contributed by atoms with van der Waals surface area (Å²) < 4.78 is 12.1. The molecular formula is C17H19N5O6. The van der Waals surface area contributed by atoms with E-state index < -0.39 is 36.7 Å². The maximum atomic E-state index is 12.2. The molecule has 1 aromatic carbocycles. The van der Waals surface area contributed by atoms with Crippen molar-refractivity contribution >= 4 is 22.8 Å². The lowest BCUT2D eigenvalue weighted by Crippen LogP contribution is -2.33. The Labute approximate surface area is 158 Å². The first-order valence-electron chi connectivity index (χ1n) is 8.52. The second kappa shape index (κ2) is 7.20. The number of aliphatic hydroxyl groups excluding tert-OH is 3. The predicted octanol–water partition coefficient (Wildman–Crippen LogP) is -0.517. The van der Waals surface area contributed by atoms with E-state index in [1.807, 2.05) is 0 Å². The maximum Gasteiger partial charge on any atom is 0.278 e. The largest absolute Gasteiger partial charge is 0.497 e. The van der Waals surface area contributed by atoms with Crippen LogP contribution in [0, 0.1) is 0 Å². The summed E-state index contributed by atoms with van der Waals surface area (Å²) in [5, 5.41) is 32.9. The lowest BCUT2D eigenvalue weighted by atomic mass is 10.1. The number of anilines is 2. The van der Waals surface area contributed by atoms with Crippen molar-refractivity contribution in [2.45, 2.75) is 24.5 Å². The van der Waals surface area contributed by atoms with Crippen molar-refractivity contribution in [3.05, 3.63) is 40.9 Å². The number of nitrogens with zero attached hydrogens (tertiary/aromatic N) is 3. The number of ether oxygens (including phenoxy) is 2. The summed E-state index contributed by atoms with van der Waals surface area (Å²) in [5.74, 6) is 0.847. The molecule has 0 bridgehead atoms. The van der Waals surface area contributed by atoms with Gasteiger partial charge in [-0.2, -0.15) is 0 Å². The number of aromatic nitrogens is 4. The van der Waals surface area contributed by atoms with E-state index in [9.17, 15) is 20.1 Å². The van der Waals surface area contributed by atoms with Gasteiger partial charge in [0.2, 0.25) is 5.95 Å². The molecule has 0 amide bonds. The number of nitrogens with one attached hydrogen (secondary N) is 2. The van der Waals surface area contributed by atoms with Gasteiger partial charge in [-0.25, -0.2) is 9.97 Å². The Morgan fingerprint density at radius 1 is 1.29 bits per heavy atom. The molecule has 0 aliphatic carbocycles. The number of hydrogen-bond acceptors (Lipinski definition) is 9. The van der Waals surface area contributed by atoms with Crippen LogP contribution in [0.4, 0.5) is 11.6 Å². The summed E-state index contributed by atoms with van der Waals surface area (Å²) in [6, 6.07) is 6.98. The SMILES string of the molecule is COc1ccc(Nc2nc3c(=O)[nH]cnc3n2[C@@H]2O[C@@H](CO)[C@@H](O)[C@@H]2O)cc1. The standard InChI is InChI=1S/C17H19N5O6/c1-27-9-4-2-8(3-5-9)20-17-21-11-14(18-7-19-15(11)26)22(17)16-13(25)12(24)10(6-23)28-16/h2-5,7,10,12-13,16,23-25H,6H2,1H3,(H,20,21)(H,18,19,26)/t10-,12+,13-,16+/m0/s1. The molecule has 2 aromatic heterocycles. The number of fused-ring (bicyclic) bond motifs is 1. The van der Waals surface area contributed by atoms with Crippen LogP contribution in [-0.2, 0) is 4.74 Å². The minimum absolute atomic E-state index is 0.0382. The first-order chi connectivity index (χ1) is 13.5. The molecule has 28 heavy (non-hydrogen) atoms. The van der Waals surface area contributed by atoms with Crippen molar-refractivity contribution in [1.29, 1.82) is 0 Å². The van der Waals surface area contributed by atoms with E-state index in [-0.39, 0.29) is 17.1 Å². The molecule has 0 spiro atoms. The third-order valence-corrected chi connectivity index (χ3v) is 4.60. The molecule has 0 saturated carbocycles. The topological polar surface area (TPSA) is 155 Å². The van der Waals surface area contributed by atoms with Gasteiger partial charge < -0.3 is 35.1 Å². The van der Waals surface area contributed by atoms with Crippen LogP contribution in [0.3, 0.4) is 0 Å². The average molecular weight is 389 g/mol. The van der Waals surface area contributed by atoms with Gasteiger partial charge in [0.15, 0.2) is 17.4 Å². The van der Waals surface area contributed by atoms with Gasteiger partial charge in [-0.15, -0.1) is 0 Å². The lowest BCUT2D eigenvalue weighted by molar-refractivity contribution is -0.0501. The smallest absolute Gasteiger partial charge is 0.278 e. The normalized spacial score (nSPS) is 24.6. The van der Waals surface area contributed by atoms with Gasteiger partial charge in [0.05, 0.1) is 20.0 Å². The Bertz CT molecular complexity index is 1030. The van der Waals surface area contributed by atoms with E-state index in [2.05, 4.69) is 20.3 Å². The molecule has 11 heteroatoms. The van der Waals surface area contributed by atoms with Crippen molar-refractivity contribution < 1.29 is 24.8 Å². The summed E-state index contributed by atoms with van der Waals surface area (Å²) in [4.78, 5) is 23.0. The van der Waals surface area contributed by atoms with Gasteiger partial charge in [0.25, 0.3) is 5.56 Å². The Morgan fingerprint density at radius 3 is 2.68 bits per heavy atom. The number of H-pyrrole nitrogens is 1. The molecule has 4 rings (SSSR count). The monoisotopic (exact) mass is 389 g/mol. The molecule has 11 nitrogen and oxygen atoms in total. The second-order valence-corrected chi connectivity index (χ2v) is 6.29. The molecule has 1 aliphatic rings. The summed E-state index contributed by atoms with van der Waals surface area (Å²) in [6.45, 7) is -0.476. The van der Waals surface area contributed by atoms with Gasteiger partial charge in [0, 0.05) is 5.69 Å². The second-order valence-electron chi connectivity index (χ2n) is 6.29. The predicted molar refractivity (Wildman–Crippen MR) is 97.4 cm³/mol. The average Bonchev–Trinajstić information content (AvgIpc) is 3.21. The third-order valence-electron chi connectivity index (χ3n) is 4.60. The third kappa shape index (κ3) is 2.99. The van der Waals surface area contributed by atoms with E-state index >= 15 is 0 Å². The highest BCUT2D eigenvalue weighted by Gasteiger charge is 2.45.